The number of rotatable bonds is 6. The third kappa shape index (κ3) is 5.49. The zero-order valence-corrected chi connectivity index (χ0v) is 21.5. The van der Waals surface area contributed by atoms with Crippen molar-refractivity contribution in [3.8, 4) is 22.4 Å². The van der Waals surface area contributed by atoms with Gasteiger partial charge in [-0.2, -0.15) is 0 Å². The summed E-state index contributed by atoms with van der Waals surface area (Å²) in [6.07, 6.45) is 4.98. The van der Waals surface area contributed by atoms with Gasteiger partial charge >= 0.3 is 0 Å². The Morgan fingerprint density at radius 2 is 1.69 bits per heavy atom. The van der Waals surface area contributed by atoms with Gasteiger partial charge in [0.05, 0.1) is 16.6 Å². The van der Waals surface area contributed by atoms with Gasteiger partial charge in [-0.15, -0.1) is 0 Å². The highest BCUT2D eigenvalue weighted by Gasteiger charge is 2.25. The molecule has 1 aliphatic heterocycles. The summed E-state index contributed by atoms with van der Waals surface area (Å²) in [6, 6.07) is 27.8. The molecule has 1 saturated heterocycles. The maximum atomic E-state index is 12.6. The summed E-state index contributed by atoms with van der Waals surface area (Å²) < 4.78 is 0. The summed E-state index contributed by atoms with van der Waals surface area (Å²) in [5, 5.41) is 3.51. The molecule has 39 heavy (non-hydrogen) atoms. The van der Waals surface area contributed by atoms with Crippen LogP contribution >= 0.6 is 0 Å². The number of carbonyl (C=O) groups is 1. The predicted molar refractivity (Wildman–Crippen MR) is 154 cm³/mol. The van der Waals surface area contributed by atoms with Gasteiger partial charge in [0.25, 0.3) is 5.56 Å². The molecule has 0 unspecified atom stereocenters. The zero-order chi connectivity index (χ0) is 26.6. The van der Waals surface area contributed by atoms with Crippen molar-refractivity contribution in [3.63, 3.8) is 0 Å². The Morgan fingerprint density at radius 3 is 2.44 bits per heavy atom. The molecule has 7 heteroatoms. The van der Waals surface area contributed by atoms with Gasteiger partial charge in [0, 0.05) is 36.0 Å². The molecule has 1 aliphatic rings. The number of nitrogens with zero attached hydrogens (tertiary/aromatic N) is 3. The number of fused-ring (bicyclic) bond motifs is 1. The molecule has 7 nitrogen and oxygen atoms in total. The second-order valence-corrected chi connectivity index (χ2v) is 9.94. The first-order valence-electron chi connectivity index (χ1n) is 13.3. The highest BCUT2D eigenvalue weighted by Crippen LogP contribution is 2.33. The van der Waals surface area contributed by atoms with Crippen LogP contribution in [0.2, 0.25) is 0 Å². The Bertz CT molecular complexity index is 1640. The van der Waals surface area contributed by atoms with E-state index in [1.807, 2.05) is 60.7 Å². The van der Waals surface area contributed by atoms with Gasteiger partial charge in [0.15, 0.2) is 0 Å². The third-order valence-electron chi connectivity index (χ3n) is 7.35. The van der Waals surface area contributed by atoms with Crippen LogP contribution in [-0.2, 0) is 11.3 Å². The molecular formula is C32H29N5O2. The number of amides is 1. The van der Waals surface area contributed by atoms with Crippen LogP contribution in [0.1, 0.15) is 18.4 Å². The molecule has 0 bridgehead atoms. The van der Waals surface area contributed by atoms with Gasteiger partial charge in [-0.25, -0.2) is 9.97 Å². The number of hydrogen-bond donors (Lipinski definition) is 2. The Morgan fingerprint density at radius 1 is 0.923 bits per heavy atom. The highest BCUT2D eigenvalue weighted by atomic mass is 16.2. The maximum absolute atomic E-state index is 12.6. The van der Waals surface area contributed by atoms with E-state index in [1.54, 1.807) is 12.4 Å². The molecule has 0 radical (unpaired) electrons. The summed E-state index contributed by atoms with van der Waals surface area (Å²) in [4.78, 5) is 39.4. The van der Waals surface area contributed by atoms with Crippen molar-refractivity contribution in [1.82, 2.24) is 19.9 Å². The van der Waals surface area contributed by atoms with Crippen LogP contribution in [0.5, 0.6) is 0 Å². The lowest BCUT2D eigenvalue weighted by atomic mass is 9.95. The van der Waals surface area contributed by atoms with Gasteiger partial charge in [0.1, 0.15) is 5.82 Å². The number of nitrogens with one attached hydrogen (secondary N) is 2. The number of anilines is 1. The molecule has 5 aromatic rings. The van der Waals surface area contributed by atoms with E-state index in [9.17, 15) is 9.59 Å². The Balaban J connectivity index is 1.16. The number of benzene rings is 2. The van der Waals surface area contributed by atoms with Crippen molar-refractivity contribution < 1.29 is 4.79 Å². The fourth-order valence-corrected chi connectivity index (χ4v) is 5.21. The van der Waals surface area contributed by atoms with Gasteiger partial charge in [-0.3, -0.25) is 14.5 Å². The number of likely N-dealkylation sites (tertiary alicyclic amines) is 1. The molecule has 2 aromatic carbocycles. The number of piperidine rings is 1. The smallest absolute Gasteiger partial charge is 0.257 e. The summed E-state index contributed by atoms with van der Waals surface area (Å²) in [7, 11) is 0. The zero-order valence-electron chi connectivity index (χ0n) is 21.5. The quantitative estimate of drug-likeness (QED) is 0.312. The van der Waals surface area contributed by atoms with Crippen LogP contribution < -0.4 is 10.9 Å². The van der Waals surface area contributed by atoms with E-state index in [-0.39, 0.29) is 17.4 Å². The summed E-state index contributed by atoms with van der Waals surface area (Å²) in [6.45, 7) is 2.59. The van der Waals surface area contributed by atoms with Crippen LogP contribution in [0.4, 0.5) is 5.82 Å². The van der Waals surface area contributed by atoms with Crippen molar-refractivity contribution in [2.75, 3.05) is 18.4 Å². The first-order valence-corrected chi connectivity index (χ1v) is 13.3. The highest BCUT2D eigenvalue weighted by molar-refractivity contribution is 5.92. The number of H-pyrrole nitrogens is 1. The minimum Gasteiger partial charge on any atom is -0.328 e. The van der Waals surface area contributed by atoms with Gasteiger partial charge in [-0.1, -0.05) is 60.7 Å². The maximum Gasteiger partial charge on any atom is 0.257 e. The normalized spacial score (nSPS) is 14.4. The number of aromatic amines is 1. The van der Waals surface area contributed by atoms with Crippen LogP contribution in [0.25, 0.3) is 33.3 Å². The second kappa shape index (κ2) is 11.0. The van der Waals surface area contributed by atoms with E-state index in [1.165, 1.54) is 5.56 Å². The topological polar surface area (TPSA) is 91.0 Å². The molecule has 1 fully saturated rings. The molecule has 1 amide bonds. The Labute approximate surface area is 226 Å². The Kier molecular flexibility index (Phi) is 6.97. The SMILES string of the molecule is O=C(Nc1ccccn1)C1CCN(Cc2ccc(-c3nc4cc[nH]c(=O)c4cc3-c3ccccc3)cc2)CC1. The van der Waals surface area contributed by atoms with Gasteiger partial charge in [-0.05, 0) is 61.3 Å². The number of carbonyl (C=O) groups excluding carboxylic acids is 1. The van der Waals surface area contributed by atoms with Gasteiger partial charge in [0.2, 0.25) is 5.91 Å². The minimum absolute atomic E-state index is 0.00764. The molecule has 0 aliphatic carbocycles. The van der Waals surface area contributed by atoms with Crippen molar-refractivity contribution in [2.45, 2.75) is 19.4 Å². The number of aromatic nitrogens is 3. The molecule has 0 atom stereocenters. The fraction of sp³-hybridized carbons (Fsp3) is 0.188. The lowest BCUT2D eigenvalue weighted by molar-refractivity contribution is -0.121. The average Bonchev–Trinajstić information content (AvgIpc) is 2.98. The average molecular weight is 516 g/mol. The molecule has 6 rings (SSSR count). The molecule has 3 aromatic heterocycles. The molecule has 4 heterocycles. The van der Waals surface area contributed by atoms with Crippen LogP contribution in [0.15, 0.2) is 102 Å². The van der Waals surface area contributed by atoms with E-state index in [2.05, 4.69) is 44.5 Å². The van der Waals surface area contributed by atoms with E-state index in [0.29, 0.717) is 16.7 Å². The lowest BCUT2D eigenvalue weighted by Crippen LogP contribution is -2.37. The molecule has 0 spiro atoms. The standard InChI is InChI=1S/C32H29N5O2/c38-31(36-29-8-4-5-16-33-29)25-14-18-37(19-15-25)21-22-9-11-24(12-10-22)30-26(23-6-2-1-3-7-23)20-27-28(35-30)13-17-34-32(27)39/h1-13,16-17,20,25H,14-15,18-19,21H2,(H,34,39)(H,33,36,38). The lowest BCUT2D eigenvalue weighted by Gasteiger charge is -2.31. The van der Waals surface area contributed by atoms with Crippen molar-refractivity contribution in [3.05, 3.63) is 113 Å². The van der Waals surface area contributed by atoms with Crippen LogP contribution in [-0.4, -0.2) is 38.8 Å². The van der Waals surface area contributed by atoms with Crippen molar-refractivity contribution in [1.29, 1.82) is 0 Å². The summed E-state index contributed by atoms with van der Waals surface area (Å²) >= 11 is 0. The fourth-order valence-electron chi connectivity index (χ4n) is 5.21. The number of hydrogen-bond acceptors (Lipinski definition) is 5. The van der Waals surface area contributed by atoms with E-state index < -0.39 is 0 Å². The minimum atomic E-state index is -0.142. The van der Waals surface area contributed by atoms with Crippen LogP contribution in [0, 0.1) is 5.92 Å². The van der Waals surface area contributed by atoms with Crippen LogP contribution in [0.3, 0.4) is 0 Å². The largest absolute Gasteiger partial charge is 0.328 e. The van der Waals surface area contributed by atoms with E-state index in [0.717, 1.165) is 54.9 Å². The monoisotopic (exact) mass is 515 g/mol. The molecule has 194 valence electrons. The molecular weight excluding hydrogens is 486 g/mol. The summed E-state index contributed by atoms with van der Waals surface area (Å²) in [5.74, 6) is 0.665. The first kappa shape index (κ1) is 24.7. The molecule has 0 saturated carbocycles. The predicted octanol–water partition coefficient (Wildman–Crippen LogP) is 5.50. The third-order valence-corrected chi connectivity index (χ3v) is 7.35. The Hall–Kier alpha value is -4.62. The van der Waals surface area contributed by atoms with E-state index >= 15 is 0 Å². The first-order chi connectivity index (χ1) is 19.1. The van der Waals surface area contributed by atoms with E-state index in [4.69, 9.17) is 4.98 Å². The van der Waals surface area contributed by atoms with Crippen molar-refractivity contribution in [2.24, 2.45) is 5.92 Å². The molecule has 2 N–H and O–H groups in total. The summed E-state index contributed by atoms with van der Waals surface area (Å²) in [5.41, 5.74) is 5.55. The number of pyridine rings is 3. The van der Waals surface area contributed by atoms with Crippen molar-refractivity contribution >= 4 is 22.6 Å². The second-order valence-electron chi connectivity index (χ2n) is 9.94. The van der Waals surface area contributed by atoms with Gasteiger partial charge < -0.3 is 10.3 Å².